The van der Waals surface area contributed by atoms with Crippen molar-refractivity contribution in [1.82, 2.24) is 4.90 Å². The van der Waals surface area contributed by atoms with Gasteiger partial charge in [-0.2, -0.15) is 0 Å². The molecule has 3 N–H and O–H groups in total. The molecule has 0 radical (unpaired) electrons. The van der Waals surface area contributed by atoms with Crippen LogP contribution in [-0.4, -0.2) is 44.0 Å². The fourth-order valence-corrected chi connectivity index (χ4v) is 2.70. The summed E-state index contributed by atoms with van der Waals surface area (Å²) in [5.74, 6) is -1.70. The van der Waals surface area contributed by atoms with Crippen molar-refractivity contribution in [2.75, 3.05) is 32.1 Å². The minimum Gasteiger partial charge on any atom is -0.384 e. The molecule has 1 unspecified atom stereocenters. The first-order valence-corrected chi connectivity index (χ1v) is 6.65. The molecule has 1 atom stereocenters. The van der Waals surface area contributed by atoms with E-state index < -0.39 is 11.6 Å². The topological polar surface area (TPSA) is 56.4 Å². The van der Waals surface area contributed by atoms with Crippen LogP contribution in [0.3, 0.4) is 0 Å². The molecule has 0 spiro atoms. The number of likely N-dealkylation sites (tertiary alicyclic amines) is 1. The number of nitrogens with two attached hydrogens (primary N) is 1. The van der Waals surface area contributed by atoms with E-state index in [2.05, 4.69) is 4.90 Å². The Morgan fingerprint density at radius 1 is 1.45 bits per heavy atom. The number of hydrogen-bond acceptors (Lipinski definition) is 3. The fraction of sp³-hybridized carbons (Fsp3) is 0.500. The van der Waals surface area contributed by atoms with Crippen molar-refractivity contribution < 1.29 is 8.78 Å². The van der Waals surface area contributed by atoms with E-state index in [0.29, 0.717) is 12.6 Å². The van der Waals surface area contributed by atoms with Crippen molar-refractivity contribution in [3.8, 4) is 0 Å². The molecule has 0 aromatic heterocycles. The Labute approximate surface area is 117 Å². The van der Waals surface area contributed by atoms with Gasteiger partial charge in [-0.15, -0.1) is 0 Å². The van der Waals surface area contributed by atoms with Gasteiger partial charge in [0, 0.05) is 25.2 Å². The second-order valence-electron chi connectivity index (χ2n) is 5.36. The first-order valence-electron chi connectivity index (χ1n) is 6.65. The zero-order valence-electron chi connectivity index (χ0n) is 11.8. The van der Waals surface area contributed by atoms with Gasteiger partial charge < -0.3 is 15.5 Å². The number of likely N-dealkylation sites (N-methyl/N-ethyl adjacent to an activating group) is 2. The monoisotopic (exact) mass is 282 g/mol. The van der Waals surface area contributed by atoms with Crippen LogP contribution in [0.1, 0.15) is 18.4 Å². The molecular formula is C14H20F2N4. The first-order chi connectivity index (χ1) is 9.40. The van der Waals surface area contributed by atoms with Gasteiger partial charge in [-0.25, -0.2) is 8.78 Å². The first kappa shape index (κ1) is 14.7. The largest absolute Gasteiger partial charge is 0.384 e. The third-order valence-electron chi connectivity index (χ3n) is 3.87. The summed E-state index contributed by atoms with van der Waals surface area (Å²) in [4.78, 5) is 3.80. The van der Waals surface area contributed by atoms with Gasteiger partial charge in [0.15, 0.2) is 0 Å². The van der Waals surface area contributed by atoms with Crippen molar-refractivity contribution in [3.63, 3.8) is 0 Å². The predicted molar refractivity (Wildman–Crippen MR) is 76.3 cm³/mol. The number of benzene rings is 1. The number of anilines is 1. The van der Waals surface area contributed by atoms with E-state index in [1.54, 1.807) is 11.9 Å². The predicted octanol–water partition coefficient (Wildman–Crippen LogP) is 1.78. The molecule has 0 saturated carbocycles. The highest BCUT2D eigenvalue weighted by atomic mass is 19.1. The Balaban J connectivity index is 2.21. The zero-order valence-corrected chi connectivity index (χ0v) is 11.8. The van der Waals surface area contributed by atoms with Gasteiger partial charge in [0.1, 0.15) is 23.2 Å². The number of hydrogen-bond donors (Lipinski definition) is 2. The van der Waals surface area contributed by atoms with Crippen molar-refractivity contribution in [3.05, 3.63) is 29.3 Å². The Kier molecular flexibility index (Phi) is 4.23. The number of nitrogen functional groups attached to an aromatic ring is 1. The number of nitrogens with one attached hydrogen (secondary N) is 1. The van der Waals surface area contributed by atoms with Gasteiger partial charge in [-0.3, -0.25) is 5.41 Å². The summed E-state index contributed by atoms with van der Waals surface area (Å²) in [6, 6.07) is 2.52. The normalized spacial score (nSPS) is 19.3. The second-order valence-corrected chi connectivity index (χ2v) is 5.36. The summed E-state index contributed by atoms with van der Waals surface area (Å²) < 4.78 is 28.1. The fourth-order valence-electron chi connectivity index (χ4n) is 2.70. The molecule has 20 heavy (non-hydrogen) atoms. The van der Waals surface area contributed by atoms with Gasteiger partial charge in [0.25, 0.3) is 0 Å². The summed E-state index contributed by atoms with van der Waals surface area (Å²) in [7, 11) is 3.71. The highest BCUT2D eigenvalue weighted by Gasteiger charge is 2.24. The smallest absolute Gasteiger partial charge is 0.150 e. The van der Waals surface area contributed by atoms with E-state index in [1.165, 1.54) is 0 Å². The number of amidine groups is 1. The third-order valence-corrected chi connectivity index (χ3v) is 3.87. The van der Waals surface area contributed by atoms with Gasteiger partial charge >= 0.3 is 0 Å². The second kappa shape index (κ2) is 5.75. The van der Waals surface area contributed by atoms with E-state index >= 15 is 0 Å². The standard InChI is InChI=1S/C14H20F2N4/c1-19-5-3-4-10(19)8-20(2)13-11(15)6-9(14(17)18)7-12(13)16/h6-7,10H,3-5,8H2,1-2H3,(H3,17,18). The lowest BCUT2D eigenvalue weighted by Crippen LogP contribution is -2.37. The van der Waals surface area contributed by atoms with E-state index in [1.807, 2.05) is 7.05 Å². The average Bonchev–Trinajstić information content (AvgIpc) is 2.74. The Morgan fingerprint density at radius 3 is 2.50 bits per heavy atom. The van der Waals surface area contributed by atoms with Crippen LogP contribution < -0.4 is 10.6 Å². The van der Waals surface area contributed by atoms with E-state index in [9.17, 15) is 8.78 Å². The van der Waals surface area contributed by atoms with E-state index in [0.717, 1.165) is 31.5 Å². The molecule has 1 aromatic rings. The number of nitrogens with zero attached hydrogens (tertiary/aromatic N) is 2. The van der Waals surface area contributed by atoms with Crippen molar-refractivity contribution in [2.24, 2.45) is 5.73 Å². The maximum absolute atomic E-state index is 14.0. The molecule has 1 aliphatic rings. The molecule has 0 bridgehead atoms. The molecule has 1 aliphatic heterocycles. The molecular weight excluding hydrogens is 262 g/mol. The van der Waals surface area contributed by atoms with Gasteiger partial charge in [-0.05, 0) is 38.6 Å². The minimum absolute atomic E-state index is 0.0599. The Bertz CT molecular complexity index is 495. The van der Waals surface area contributed by atoms with E-state index in [-0.39, 0.29) is 17.1 Å². The van der Waals surface area contributed by atoms with Crippen LogP contribution in [0.5, 0.6) is 0 Å². The van der Waals surface area contributed by atoms with Gasteiger partial charge in [-0.1, -0.05) is 0 Å². The summed E-state index contributed by atoms with van der Waals surface area (Å²) in [5.41, 5.74) is 5.26. The van der Waals surface area contributed by atoms with Crippen LogP contribution >= 0.6 is 0 Å². The van der Waals surface area contributed by atoms with Crippen molar-refractivity contribution >= 4 is 11.5 Å². The lowest BCUT2D eigenvalue weighted by atomic mass is 10.1. The van der Waals surface area contributed by atoms with Crippen molar-refractivity contribution in [1.29, 1.82) is 5.41 Å². The zero-order chi connectivity index (χ0) is 14.9. The average molecular weight is 282 g/mol. The highest BCUT2D eigenvalue weighted by molar-refractivity contribution is 5.95. The molecule has 110 valence electrons. The van der Waals surface area contributed by atoms with Gasteiger partial charge in [0.05, 0.1) is 0 Å². The van der Waals surface area contributed by atoms with Gasteiger partial charge in [0.2, 0.25) is 0 Å². The quantitative estimate of drug-likeness (QED) is 0.654. The lowest BCUT2D eigenvalue weighted by molar-refractivity contribution is 0.313. The number of halogens is 2. The van der Waals surface area contributed by atoms with Crippen LogP contribution in [0, 0.1) is 17.0 Å². The van der Waals surface area contributed by atoms with Crippen LogP contribution in [0.25, 0.3) is 0 Å². The maximum atomic E-state index is 14.0. The highest BCUT2D eigenvalue weighted by Crippen LogP contribution is 2.26. The number of rotatable bonds is 4. The molecule has 0 amide bonds. The third kappa shape index (κ3) is 2.90. The maximum Gasteiger partial charge on any atom is 0.150 e. The van der Waals surface area contributed by atoms with Crippen LogP contribution in [-0.2, 0) is 0 Å². The summed E-state index contributed by atoms with van der Waals surface area (Å²) in [5, 5.41) is 7.24. The van der Waals surface area contributed by atoms with Crippen LogP contribution in [0.4, 0.5) is 14.5 Å². The molecule has 1 aromatic carbocycles. The molecule has 0 aliphatic carbocycles. The minimum atomic E-state index is -0.682. The Morgan fingerprint density at radius 2 is 2.05 bits per heavy atom. The summed E-state index contributed by atoms with van der Waals surface area (Å²) in [6.45, 7) is 1.59. The van der Waals surface area contributed by atoms with Crippen LogP contribution in [0.2, 0.25) is 0 Å². The summed E-state index contributed by atoms with van der Waals surface area (Å²) >= 11 is 0. The molecule has 2 rings (SSSR count). The van der Waals surface area contributed by atoms with Crippen molar-refractivity contribution in [2.45, 2.75) is 18.9 Å². The molecule has 1 fully saturated rings. The molecule has 1 heterocycles. The van der Waals surface area contributed by atoms with Crippen LogP contribution in [0.15, 0.2) is 12.1 Å². The molecule has 4 nitrogen and oxygen atoms in total. The SMILES string of the molecule is CN(CC1CCCN1C)c1c(F)cc(C(=N)N)cc1F. The summed E-state index contributed by atoms with van der Waals surface area (Å²) in [6.07, 6.45) is 2.15. The van der Waals surface area contributed by atoms with E-state index in [4.69, 9.17) is 11.1 Å². The lowest BCUT2D eigenvalue weighted by Gasteiger charge is -2.28. The molecule has 1 saturated heterocycles. The Hall–Kier alpha value is -1.69. The molecule has 6 heteroatoms.